The van der Waals surface area contributed by atoms with E-state index in [4.69, 9.17) is 4.74 Å². The van der Waals surface area contributed by atoms with Crippen LogP contribution in [0.2, 0.25) is 0 Å². The average molecular weight is 329 g/mol. The van der Waals surface area contributed by atoms with Crippen LogP contribution in [-0.4, -0.2) is 40.4 Å². The van der Waals surface area contributed by atoms with Gasteiger partial charge in [0.15, 0.2) is 0 Å². The van der Waals surface area contributed by atoms with Gasteiger partial charge in [0.2, 0.25) is 5.91 Å². The van der Waals surface area contributed by atoms with E-state index in [9.17, 15) is 4.79 Å². The predicted octanol–water partition coefficient (Wildman–Crippen LogP) is 1.69. The molecule has 7 nitrogen and oxygen atoms in total. The van der Waals surface area contributed by atoms with E-state index in [1.165, 1.54) is 12.7 Å². The molecule has 1 saturated heterocycles. The Hall–Kier alpha value is -2.41. The molecule has 2 N–H and O–H groups in total. The van der Waals surface area contributed by atoms with E-state index in [2.05, 4.69) is 20.7 Å². The lowest BCUT2D eigenvalue weighted by Gasteiger charge is -2.10. The fraction of sp³-hybridized carbons (Fsp3) is 0.471. The Morgan fingerprint density at radius 3 is 3.21 bits per heavy atom. The summed E-state index contributed by atoms with van der Waals surface area (Å²) in [6, 6.07) is 7.47. The lowest BCUT2D eigenvalue weighted by molar-refractivity contribution is -0.116. The highest BCUT2D eigenvalue weighted by molar-refractivity contribution is 5.90. The van der Waals surface area contributed by atoms with Gasteiger partial charge in [0.05, 0.1) is 6.54 Å². The first-order chi connectivity index (χ1) is 11.8. The van der Waals surface area contributed by atoms with Gasteiger partial charge in [-0.05, 0) is 44.0 Å². The van der Waals surface area contributed by atoms with E-state index in [1.54, 1.807) is 11.0 Å². The standard InChI is InChI=1S/C17H23N5O2/c23-17(5-4-14-6-7-18-11-14)21-15-2-1-3-16(10-15)24-9-8-22-13-19-12-20-22/h1-3,10,12-14,18H,4-9,11H2,(H,21,23). The molecule has 24 heavy (non-hydrogen) atoms. The second-order valence-corrected chi connectivity index (χ2v) is 5.98. The first-order valence-electron chi connectivity index (χ1n) is 8.35. The summed E-state index contributed by atoms with van der Waals surface area (Å²) < 4.78 is 7.41. The third-order valence-corrected chi connectivity index (χ3v) is 4.12. The minimum atomic E-state index is 0.0571. The lowest BCUT2D eigenvalue weighted by Crippen LogP contribution is -2.15. The molecule has 3 rings (SSSR count). The number of benzene rings is 1. The summed E-state index contributed by atoms with van der Waals surface area (Å²) in [5.74, 6) is 1.41. The molecule has 1 aliphatic rings. The van der Waals surface area contributed by atoms with E-state index in [0.717, 1.165) is 30.9 Å². The zero-order valence-corrected chi connectivity index (χ0v) is 13.6. The fourth-order valence-electron chi connectivity index (χ4n) is 2.79. The van der Waals surface area contributed by atoms with Crippen LogP contribution in [0.1, 0.15) is 19.3 Å². The Labute approximate surface area is 141 Å². The molecular weight excluding hydrogens is 306 g/mol. The molecule has 1 amide bonds. The minimum absolute atomic E-state index is 0.0571. The van der Waals surface area contributed by atoms with E-state index in [-0.39, 0.29) is 5.91 Å². The highest BCUT2D eigenvalue weighted by atomic mass is 16.5. The summed E-state index contributed by atoms with van der Waals surface area (Å²) in [4.78, 5) is 15.9. The van der Waals surface area contributed by atoms with Crippen LogP contribution in [-0.2, 0) is 11.3 Å². The monoisotopic (exact) mass is 329 g/mol. The number of carbonyl (C=O) groups is 1. The number of amides is 1. The molecule has 0 radical (unpaired) electrons. The normalized spacial score (nSPS) is 16.9. The first-order valence-corrected chi connectivity index (χ1v) is 8.35. The Morgan fingerprint density at radius 2 is 2.42 bits per heavy atom. The molecule has 0 aliphatic carbocycles. The van der Waals surface area contributed by atoms with Gasteiger partial charge in [-0.3, -0.25) is 4.79 Å². The van der Waals surface area contributed by atoms with Gasteiger partial charge < -0.3 is 15.4 Å². The zero-order valence-electron chi connectivity index (χ0n) is 13.6. The fourth-order valence-corrected chi connectivity index (χ4v) is 2.79. The van der Waals surface area contributed by atoms with E-state index >= 15 is 0 Å². The first kappa shape index (κ1) is 16.4. The Bertz CT molecular complexity index is 638. The number of nitrogens with one attached hydrogen (secondary N) is 2. The number of hydrogen-bond donors (Lipinski definition) is 2. The lowest BCUT2D eigenvalue weighted by atomic mass is 10.0. The number of rotatable bonds is 8. The molecule has 1 atom stereocenters. The quantitative estimate of drug-likeness (QED) is 0.770. The molecule has 0 spiro atoms. The SMILES string of the molecule is O=C(CCC1CCNC1)Nc1cccc(OCCn2cncn2)c1. The number of anilines is 1. The van der Waals surface area contributed by atoms with Gasteiger partial charge in [-0.2, -0.15) is 5.10 Å². The summed E-state index contributed by atoms with van der Waals surface area (Å²) in [7, 11) is 0. The zero-order chi connectivity index (χ0) is 16.6. The van der Waals surface area contributed by atoms with Crippen LogP contribution in [0.5, 0.6) is 5.75 Å². The van der Waals surface area contributed by atoms with Crippen molar-refractivity contribution in [2.24, 2.45) is 5.92 Å². The van der Waals surface area contributed by atoms with E-state index < -0.39 is 0 Å². The van der Waals surface area contributed by atoms with Gasteiger partial charge in [-0.25, -0.2) is 9.67 Å². The Morgan fingerprint density at radius 1 is 1.46 bits per heavy atom. The molecule has 128 valence electrons. The van der Waals surface area contributed by atoms with Crippen molar-refractivity contribution in [2.45, 2.75) is 25.8 Å². The Balaban J connectivity index is 1.42. The van der Waals surface area contributed by atoms with Gasteiger partial charge in [0, 0.05) is 18.2 Å². The van der Waals surface area contributed by atoms with Crippen LogP contribution in [0, 0.1) is 5.92 Å². The van der Waals surface area contributed by atoms with Crippen molar-refractivity contribution in [3.05, 3.63) is 36.9 Å². The summed E-state index contributed by atoms with van der Waals surface area (Å²) in [6.45, 7) is 3.23. The van der Waals surface area contributed by atoms with Crippen LogP contribution < -0.4 is 15.4 Å². The van der Waals surface area contributed by atoms with Crippen LogP contribution in [0.25, 0.3) is 0 Å². The van der Waals surface area contributed by atoms with Gasteiger partial charge in [-0.1, -0.05) is 6.07 Å². The minimum Gasteiger partial charge on any atom is -0.492 e. The van der Waals surface area contributed by atoms with E-state index in [1.807, 2.05) is 24.3 Å². The molecule has 2 aromatic rings. The molecule has 1 aromatic carbocycles. The molecule has 2 heterocycles. The maximum absolute atomic E-state index is 12.1. The molecule has 0 saturated carbocycles. The number of carbonyl (C=O) groups excluding carboxylic acids is 1. The van der Waals surface area contributed by atoms with Crippen molar-refractivity contribution in [1.82, 2.24) is 20.1 Å². The van der Waals surface area contributed by atoms with E-state index in [0.29, 0.717) is 25.5 Å². The number of aromatic nitrogens is 3. The second kappa shape index (κ2) is 8.44. The van der Waals surface area contributed by atoms with Crippen molar-refractivity contribution in [3.63, 3.8) is 0 Å². The van der Waals surface area contributed by atoms with Crippen LogP contribution in [0.15, 0.2) is 36.9 Å². The average Bonchev–Trinajstić information content (AvgIpc) is 3.27. The molecule has 0 bridgehead atoms. The van der Waals surface area contributed by atoms with Crippen LogP contribution in [0.4, 0.5) is 5.69 Å². The highest BCUT2D eigenvalue weighted by Crippen LogP contribution is 2.19. The smallest absolute Gasteiger partial charge is 0.224 e. The van der Waals surface area contributed by atoms with Crippen molar-refractivity contribution < 1.29 is 9.53 Å². The maximum Gasteiger partial charge on any atom is 0.224 e. The largest absolute Gasteiger partial charge is 0.492 e. The molecule has 1 aromatic heterocycles. The molecule has 7 heteroatoms. The van der Waals surface area contributed by atoms with Gasteiger partial charge in [0.1, 0.15) is 25.0 Å². The van der Waals surface area contributed by atoms with Crippen molar-refractivity contribution >= 4 is 11.6 Å². The van der Waals surface area contributed by atoms with Crippen LogP contribution >= 0.6 is 0 Å². The molecule has 1 unspecified atom stereocenters. The molecule has 1 fully saturated rings. The summed E-state index contributed by atoms with van der Waals surface area (Å²) in [6.07, 6.45) is 5.82. The number of nitrogens with zero attached hydrogens (tertiary/aromatic N) is 3. The third kappa shape index (κ3) is 5.06. The predicted molar refractivity (Wildman–Crippen MR) is 90.8 cm³/mol. The Kier molecular flexibility index (Phi) is 5.79. The van der Waals surface area contributed by atoms with Gasteiger partial charge in [0.25, 0.3) is 0 Å². The maximum atomic E-state index is 12.1. The number of ether oxygens (including phenoxy) is 1. The summed E-state index contributed by atoms with van der Waals surface area (Å²) >= 11 is 0. The summed E-state index contributed by atoms with van der Waals surface area (Å²) in [5, 5.41) is 10.3. The summed E-state index contributed by atoms with van der Waals surface area (Å²) in [5.41, 5.74) is 0.766. The van der Waals surface area contributed by atoms with Crippen molar-refractivity contribution in [3.8, 4) is 5.75 Å². The second-order valence-electron chi connectivity index (χ2n) is 5.98. The van der Waals surface area contributed by atoms with Crippen molar-refractivity contribution in [1.29, 1.82) is 0 Å². The van der Waals surface area contributed by atoms with Crippen LogP contribution in [0.3, 0.4) is 0 Å². The molecule has 1 aliphatic heterocycles. The van der Waals surface area contributed by atoms with Gasteiger partial charge in [-0.15, -0.1) is 0 Å². The number of hydrogen-bond acceptors (Lipinski definition) is 5. The van der Waals surface area contributed by atoms with Gasteiger partial charge >= 0.3 is 0 Å². The third-order valence-electron chi connectivity index (χ3n) is 4.12. The topological polar surface area (TPSA) is 81.1 Å². The van der Waals surface area contributed by atoms with Crippen molar-refractivity contribution in [2.75, 3.05) is 25.0 Å². The highest BCUT2D eigenvalue weighted by Gasteiger charge is 2.15. The molecular formula is C17H23N5O2.